The monoisotopic (exact) mass is 246 g/mol. The molecule has 0 aliphatic rings. The molecule has 3 N–H and O–H groups in total. The van der Waals surface area contributed by atoms with Gasteiger partial charge in [0.05, 0.1) is 11.6 Å². The van der Waals surface area contributed by atoms with Crippen LogP contribution in [0.2, 0.25) is 0 Å². The first kappa shape index (κ1) is 13.1. The minimum atomic E-state index is -3.28. The summed E-state index contributed by atoms with van der Waals surface area (Å²) in [5, 5.41) is -0.504. The molecule has 0 aliphatic heterocycles. The molecule has 0 radical (unpaired) electrons. The number of nitrogens with one attached hydrogen (secondary N) is 1. The van der Waals surface area contributed by atoms with Crippen LogP contribution in [-0.2, 0) is 16.6 Å². The summed E-state index contributed by atoms with van der Waals surface area (Å²) in [6.07, 6.45) is 5.61. The molecular formula is C9H18N4O2S. The Morgan fingerprint density at radius 2 is 2.31 bits per heavy atom. The predicted octanol–water partition coefficient (Wildman–Crippen LogP) is -0.460. The van der Waals surface area contributed by atoms with Gasteiger partial charge in [-0.2, -0.15) is 0 Å². The summed E-state index contributed by atoms with van der Waals surface area (Å²) in [5.41, 5.74) is 5.40. The smallest absolute Gasteiger partial charge is 0.215 e. The van der Waals surface area contributed by atoms with E-state index < -0.39 is 15.3 Å². The van der Waals surface area contributed by atoms with E-state index in [9.17, 15) is 8.42 Å². The molecule has 6 nitrogen and oxygen atoms in total. The molecule has 0 aromatic carbocycles. The molecule has 1 heterocycles. The summed E-state index contributed by atoms with van der Waals surface area (Å²) >= 11 is 0. The Hall–Kier alpha value is -0.920. The van der Waals surface area contributed by atoms with Gasteiger partial charge in [-0.3, -0.25) is 0 Å². The maximum atomic E-state index is 11.7. The second-order valence-electron chi connectivity index (χ2n) is 3.51. The SMILES string of the molecule is CCC(CN)S(=O)(=O)NCCn1ccnc1. The highest BCUT2D eigenvalue weighted by Crippen LogP contribution is 2.01. The van der Waals surface area contributed by atoms with Gasteiger partial charge in [0.15, 0.2) is 0 Å². The van der Waals surface area contributed by atoms with Crippen molar-refractivity contribution < 1.29 is 8.42 Å². The minimum absolute atomic E-state index is 0.150. The molecule has 1 aromatic rings. The summed E-state index contributed by atoms with van der Waals surface area (Å²) in [6, 6.07) is 0. The molecule has 0 aliphatic carbocycles. The van der Waals surface area contributed by atoms with Crippen LogP contribution in [0.4, 0.5) is 0 Å². The third kappa shape index (κ3) is 3.58. The lowest BCUT2D eigenvalue weighted by Crippen LogP contribution is -2.39. The Kier molecular flexibility index (Phi) is 4.91. The number of hydrogen-bond acceptors (Lipinski definition) is 4. The van der Waals surface area contributed by atoms with Gasteiger partial charge >= 0.3 is 0 Å². The standard InChI is InChI=1S/C9H18N4O2S/c1-2-9(7-10)16(14,15)12-4-6-13-5-3-11-8-13/h3,5,8-9,12H,2,4,6-7,10H2,1H3. The third-order valence-electron chi connectivity index (χ3n) is 2.39. The van der Waals surface area contributed by atoms with Crippen LogP contribution in [0.1, 0.15) is 13.3 Å². The number of hydrogen-bond donors (Lipinski definition) is 2. The second kappa shape index (κ2) is 5.97. The number of nitrogens with two attached hydrogens (primary N) is 1. The second-order valence-corrected chi connectivity index (χ2v) is 5.55. The van der Waals surface area contributed by atoms with Crippen molar-refractivity contribution in [3.8, 4) is 0 Å². The van der Waals surface area contributed by atoms with Gasteiger partial charge in [-0.05, 0) is 6.42 Å². The lowest BCUT2D eigenvalue weighted by molar-refractivity contribution is 0.554. The summed E-state index contributed by atoms with van der Waals surface area (Å²) < 4.78 is 27.8. The molecule has 0 amide bonds. The van der Waals surface area contributed by atoms with Gasteiger partial charge in [-0.25, -0.2) is 18.1 Å². The Labute approximate surface area is 95.9 Å². The van der Waals surface area contributed by atoms with E-state index in [4.69, 9.17) is 5.73 Å². The molecule has 92 valence electrons. The maximum absolute atomic E-state index is 11.7. The first-order valence-corrected chi connectivity index (χ1v) is 6.79. The van der Waals surface area contributed by atoms with Crippen molar-refractivity contribution in [1.82, 2.24) is 14.3 Å². The number of nitrogens with zero attached hydrogens (tertiary/aromatic N) is 2. The Morgan fingerprint density at radius 3 is 2.81 bits per heavy atom. The summed E-state index contributed by atoms with van der Waals surface area (Å²) in [5.74, 6) is 0. The Balaban J connectivity index is 2.42. The van der Waals surface area contributed by atoms with Crippen LogP contribution >= 0.6 is 0 Å². The highest BCUT2D eigenvalue weighted by Gasteiger charge is 2.21. The topological polar surface area (TPSA) is 90.0 Å². The molecule has 1 rings (SSSR count). The number of aromatic nitrogens is 2. The van der Waals surface area contributed by atoms with Crippen molar-refractivity contribution in [2.45, 2.75) is 25.1 Å². The van der Waals surface area contributed by atoms with E-state index in [0.29, 0.717) is 19.5 Å². The zero-order valence-electron chi connectivity index (χ0n) is 9.33. The van der Waals surface area contributed by atoms with Crippen molar-refractivity contribution in [3.05, 3.63) is 18.7 Å². The highest BCUT2D eigenvalue weighted by molar-refractivity contribution is 7.90. The highest BCUT2D eigenvalue weighted by atomic mass is 32.2. The normalized spacial score (nSPS) is 13.9. The van der Waals surface area contributed by atoms with Gasteiger partial charge in [-0.15, -0.1) is 0 Å². The first-order valence-electron chi connectivity index (χ1n) is 5.24. The van der Waals surface area contributed by atoms with E-state index in [0.717, 1.165) is 0 Å². The third-order valence-corrected chi connectivity index (χ3v) is 4.40. The Bertz CT molecular complexity index is 384. The molecule has 0 fully saturated rings. The quantitative estimate of drug-likeness (QED) is 0.681. The van der Waals surface area contributed by atoms with Crippen LogP contribution in [0.15, 0.2) is 18.7 Å². The van der Waals surface area contributed by atoms with E-state index in [1.54, 1.807) is 18.7 Å². The van der Waals surface area contributed by atoms with Crippen molar-refractivity contribution in [3.63, 3.8) is 0 Å². The van der Waals surface area contributed by atoms with Crippen LogP contribution in [0.3, 0.4) is 0 Å². The van der Waals surface area contributed by atoms with E-state index in [1.807, 2.05) is 11.5 Å². The van der Waals surface area contributed by atoms with Gasteiger partial charge in [0.2, 0.25) is 10.0 Å². The van der Waals surface area contributed by atoms with Crippen molar-refractivity contribution in [2.75, 3.05) is 13.1 Å². The van der Waals surface area contributed by atoms with Crippen LogP contribution in [-0.4, -0.2) is 36.3 Å². The van der Waals surface area contributed by atoms with Gasteiger partial charge < -0.3 is 10.3 Å². The first-order chi connectivity index (χ1) is 7.60. The summed E-state index contributed by atoms with van der Waals surface area (Å²) in [6.45, 7) is 2.89. The van der Waals surface area contributed by atoms with Crippen molar-refractivity contribution >= 4 is 10.0 Å². The largest absolute Gasteiger partial charge is 0.336 e. The molecule has 16 heavy (non-hydrogen) atoms. The molecule has 0 saturated carbocycles. The van der Waals surface area contributed by atoms with Crippen LogP contribution in [0.5, 0.6) is 0 Å². The van der Waals surface area contributed by atoms with E-state index in [-0.39, 0.29) is 6.54 Å². The minimum Gasteiger partial charge on any atom is -0.336 e. The van der Waals surface area contributed by atoms with Crippen LogP contribution in [0, 0.1) is 0 Å². The molecule has 1 aromatic heterocycles. The zero-order valence-corrected chi connectivity index (χ0v) is 10.2. The molecule has 7 heteroatoms. The average molecular weight is 246 g/mol. The summed E-state index contributed by atoms with van der Waals surface area (Å²) in [4.78, 5) is 3.87. The fourth-order valence-electron chi connectivity index (χ4n) is 1.37. The molecule has 0 bridgehead atoms. The van der Waals surface area contributed by atoms with Crippen LogP contribution < -0.4 is 10.5 Å². The van der Waals surface area contributed by atoms with Gasteiger partial charge in [0, 0.05) is 32.0 Å². The maximum Gasteiger partial charge on any atom is 0.215 e. The fourth-order valence-corrected chi connectivity index (χ4v) is 2.67. The van der Waals surface area contributed by atoms with E-state index in [2.05, 4.69) is 9.71 Å². The zero-order chi connectivity index (χ0) is 12.0. The lowest BCUT2D eigenvalue weighted by Gasteiger charge is -2.14. The van der Waals surface area contributed by atoms with Gasteiger partial charge in [0.1, 0.15) is 0 Å². The molecule has 1 unspecified atom stereocenters. The van der Waals surface area contributed by atoms with Gasteiger partial charge in [-0.1, -0.05) is 6.92 Å². The Morgan fingerprint density at radius 1 is 1.56 bits per heavy atom. The van der Waals surface area contributed by atoms with Crippen molar-refractivity contribution in [2.24, 2.45) is 5.73 Å². The molecule has 0 spiro atoms. The van der Waals surface area contributed by atoms with Crippen LogP contribution in [0.25, 0.3) is 0 Å². The number of rotatable bonds is 7. The van der Waals surface area contributed by atoms with Gasteiger partial charge in [0.25, 0.3) is 0 Å². The number of imidazole rings is 1. The number of sulfonamides is 1. The molecule has 1 atom stereocenters. The van der Waals surface area contributed by atoms with E-state index >= 15 is 0 Å². The van der Waals surface area contributed by atoms with Crippen molar-refractivity contribution in [1.29, 1.82) is 0 Å². The van der Waals surface area contributed by atoms with E-state index in [1.165, 1.54) is 0 Å². The predicted molar refractivity (Wildman–Crippen MR) is 62.3 cm³/mol. The fraction of sp³-hybridized carbons (Fsp3) is 0.667. The lowest BCUT2D eigenvalue weighted by atomic mass is 10.3. The molecule has 0 saturated heterocycles. The average Bonchev–Trinajstić information content (AvgIpc) is 2.71. The summed E-state index contributed by atoms with van der Waals surface area (Å²) in [7, 11) is -3.28. The molecular weight excluding hydrogens is 228 g/mol.